The van der Waals surface area contributed by atoms with Gasteiger partial charge < -0.3 is 19.8 Å². The van der Waals surface area contributed by atoms with Crippen molar-refractivity contribution in [2.45, 2.75) is 437 Å². The van der Waals surface area contributed by atoms with Gasteiger partial charge in [0.05, 0.1) is 39.9 Å². The van der Waals surface area contributed by atoms with E-state index in [9.17, 15) is 19.4 Å². The highest BCUT2D eigenvalue weighted by atomic mass is 31.2. The first-order chi connectivity index (χ1) is 43.0. The van der Waals surface area contributed by atoms with Gasteiger partial charge in [-0.25, -0.2) is 4.57 Å². The second-order valence-corrected chi connectivity index (χ2v) is 30.3. The topological polar surface area (TPSA) is 105 Å². The van der Waals surface area contributed by atoms with Gasteiger partial charge in [-0.1, -0.05) is 411 Å². The molecule has 524 valence electrons. The molecule has 0 aromatic carbocycles. The van der Waals surface area contributed by atoms with Crippen LogP contribution in [0.2, 0.25) is 0 Å². The van der Waals surface area contributed by atoms with Crippen molar-refractivity contribution in [3.05, 3.63) is 24.3 Å². The minimum atomic E-state index is -4.36. The Morgan fingerprint density at radius 2 is 0.625 bits per heavy atom. The average Bonchev–Trinajstić information content (AvgIpc) is 3.71. The number of allylic oxidation sites excluding steroid dienone is 3. The monoisotopic (exact) mass is 1260 g/mol. The quantitative estimate of drug-likeness (QED) is 0.0243. The maximum absolute atomic E-state index is 13.1. The first-order valence-electron chi connectivity index (χ1n) is 39.7. The number of aliphatic hydroxyl groups is 1. The number of amides is 1. The fraction of sp³-hybridized carbons (Fsp3) is 0.937. The Labute approximate surface area is 551 Å². The van der Waals surface area contributed by atoms with E-state index in [1.165, 1.54) is 366 Å². The van der Waals surface area contributed by atoms with E-state index in [0.717, 1.165) is 38.5 Å². The number of unbranched alkanes of at least 4 members (excludes halogenated alkanes) is 60. The third-order valence-corrected chi connectivity index (χ3v) is 19.7. The first kappa shape index (κ1) is 87.0. The van der Waals surface area contributed by atoms with Crippen LogP contribution in [0.4, 0.5) is 0 Å². The number of phosphoric ester groups is 1. The molecule has 3 unspecified atom stereocenters. The summed E-state index contributed by atoms with van der Waals surface area (Å²) in [4.78, 5) is 23.5. The number of nitrogens with zero attached hydrogens (tertiary/aromatic N) is 1. The molecule has 0 fully saturated rings. The lowest BCUT2D eigenvalue weighted by atomic mass is 10.0. The Balaban J connectivity index is 3.97. The van der Waals surface area contributed by atoms with Gasteiger partial charge in [-0.2, -0.15) is 0 Å². The molecule has 1 amide bonds. The zero-order valence-electron chi connectivity index (χ0n) is 60.3. The average molecular weight is 1260 g/mol. The standard InChI is InChI=1S/C79H157N2O6P/c1-6-8-10-12-14-16-18-20-22-24-26-28-30-32-34-36-38-40-41-43-45-47-49-51-53-55-57-59-61-63-65-67-69-71-73-79(83)80-77(76-87-88(84,85)86-75-74-81(3,4)5)78(82)72-70-68-66-64-62-60-58-56-54-52-50-48-46-44-42-39-37-35-33-31-29-27-25-23-21-19-17-15-13-11-9-7-2/h62,64,70,72,77-78,82H,6-61,63,65-69,71,73-76H2,1-5H3,(H-,80,83,84,85)/p+1/b64-62+,72-70+. The van der Waals surface area contributed by atoms with Crippen LogP contribution in [0, 0.1) is 0 Å². The molecule has 0 saturated carbocycles. The lowest BCUT2D eigenvalue weighted by molar-refractivity contribution is -0.870. The number of nitrogens with one attached hydrogen (secondary N) is 1. The molecule has 0 aromatic rings. The summed E-state index contributed by atoms with van der Waals surface area (Å²) in [5.41, 5.74) is 0. The smallest absolute Gasteiger partial charge is 0.387 e. The first-order valence-corrected chi connectivity index (χ1v) is 41.2. The molecule has 0 aliphatic carbocycles. The molecule has 0 aromatic heterocycles. The van der Waals surface area contributed by atoms with Crippen LogP contribution in [0.25, 0.3) is 0 Å². The molecule has 0 aliphatic rings. The second kappa shape index (κ2) is 70.3. The van der Waals surface area contributed by atoms with Crippen molar-refractivity contribution >= 4 is 13.7 Å². The highest BCUT2D eigenvalue weighted by Gasteiger charge is 2.28. The van der Waals surface area contributed by atoms with Gasteiger partial charge in [0, 0.05) is 6.42 Å². The normalized spacial score (nSPS) is 13.6. The lowest BCUT2D eigenvalue weighted by Gasteiger charge is -2.25. The van der Waals surface area contributed by atoms with E-state index in [1.807, 2.05) is 27.2 Å². The molecule has 0 saturated heterocycles. The zero-order chi connectivity index (χ0) is 64.1. The van der Waals surface area contributed by atoms with Gasteiger partial charge in [-0.15, -0.1) is 0 Å². The number of likely N-dealkylation sites (N-methyl/N-ethyl adjacent to an activating group) is 1. The fourth-order valence-electron chi connectivity index (χ4n) is 12.5. The number of carbonyl (C=O) groups excluding carboxylic acids is 1. The molecule has 3 N–H and O–H groups in total. The van der Waals surface area contributed by atoms with E-state index >= 15 is 0 Å². The van der Waals surface area contributed by atoms with Crippen LogP contribution in [-0.4, -0.2) is 73.4 Å². The maximum atomic E-state index is 13.1. The van der Waals surface area contributed by atoms with Gasteiger partial charge in [-0.3, -0.25) is 13.8 Å². The van der Waals surface area contributed by atoms with E-state index in [0.29, 0.717) is 17.4 Å². The molecular formula is C79H158N2O6P+. The van der Waals surface area contributed by atoms with Gasteiger partial charge in [0.25, 0.3) is 0 Å². The van der Waals surface area contributed by atoms with E-state index in [1.54, 1.807) is 6.08 Å². The zero-order valence-corrected chi connectivity index (χ0v) is 61.2. The summed E-state index contributed by atoms with van der Waals surface area (Å²) in [6.07, 6.45) is 93.9. The van der Waals surface area contributed by atoms with Crippen LogP contribution in [0.3, 0.4) is 0 Å². The van der Waals surface area contributed by atoms with Gasteiger partial charge in [0.1, 0.15) is 13.2 Å². The van der Waals surface area contributed by atoms with Crippen molar-refractivity contribution < 1.29 is 32.9 Å². The summed E-state index contributed by atoms with van der Waals surface area (Å²) in [7, 11) is 1.58. The van der Waals surface area contributed by atoms with Crippen LogP contribution in [0.1, 0.15) is 425 Å². The predicted molar refractivity (Wildman–Crippen MR) is 388 cm³/mol. The highest BCUT2D eigenvalue weighted by molar-refractivity contribution is 7.47. The molecule has 0 aliphatic heterocycles. The SMILES string of the molecule is CCCCCCCCCCCCCCCCCCCCCCCCCCCC/C=C/CC/C=C/C(O)C(COP(=O)(O)OCC[N+](C)(C)C)NC(=O)CCCCCCCCCCCCCCCCCCCCCCCCCCCCCCCCCCCC. The van der Waals surface area contributed by atoms with Crippen LogP contribution in [-0.2, 0) is 18.4 Å². The third-order valence-electron chi connectivity index (χ3n) is 18.7. The third kappa shape index (κ3) is 72.4. The summed E-state index contributed by atoms with van der Waals surface area (Å²) < 4.78 is 23.9. The number of aliphatic hydroxyl groups excluding tert-OH is 1. The molecule has 9 heteroatoms. The van der Waals surface area contributed by atoms with Crippen molar-refractivity contribution in [2.75, 3.05) is 40.9 Å². The molecule has 8 nitrogen and oxygen atoms in total. The largest absolute Gasteiger partial charge is 0.472 e. The van der Waals surface area contributed by atoms with E-state index in [4.69, 9.17) is 9.05 Å². The molecule has 88 heavy (non-hydrogen) atoms. The van der Waals surface area contributed by atoms with Gasteiger partial charge in [0.2, 0.25) is 5.91 Å². The predicted octanol–water partition coefficient (Wildman–Crippen LogP) is 25.8. The second-order valence-electron chi connectivity index (χ2n) is 28.8. The molecule has 0 bridgehead atoms. The number of hydrogen-bond acceptors (Lipinski definition) is 5. The Morgan fingerprint density at radius 3 is 0.909 bits per heavy atom. The molecule has 0 heterocycles. The minimum Gasteiger partial charge on any atom is -0.387 e. The Bertz CT molecular complexity index is 1480. The summed E-state index contributed by atoms with van der Waals surface area (Å²) in [5, 5.41) is 14.0. The van der Waals surface area contributed by atoms with Crippen LogP contribution >= 0.6 is 7.82 Å². The minimum absolute atomic E-state index is 0.0592. The summed E-state index contributed by atoms with van der Waals surface area (Å²) >= 11 is 0. The van der Waals surface area contributed by atoms with E-state index < -0.39 is 20.0 Å². The van der Waals surface area contributed by atoms with Crippen LogP contribution in [0.5, 0.6) is 0 Å². The number of rotatable bonds is 75. The summed E-state index contributed by atoms with van der Waals surface area (Å²) in [5.74, 6) is -0.176. The summed E-state index contributed by atoms with van der Waals surface area (Å²) in [6.45, 7) is 4.87. The number of quaternary nitrogens is 1. The highest BCUT2D eigenvalue weighted by Crippen LogP contribution is 2.43. The number of carbonyl (C=O) groups is 1. The van der Waals surface area contributed by atoms with Crippen molar-refractivity contribution in [3.8, 4) is 0 Å². The Hall–Kier alpha value is -1.02. The maximum Gasteiger partial charge on any atom is 0.472 e. The van der Waals surface area contributed by atoms with Gasteiger partial charge >= 0.3 is 7.82 Å². The van der Waals surface area contributed by atoms with Crippen molar-refractivity contribution in [1.29, 1.82) is 0 Å². The molecule has 0 spiro atoms. The Morgan fingerprint density at radius 1 is 0.375 bits per heavy atom. The molecule has 0 rings (SSSR count). The lowest BCUT2D eigenvalue weighted by Crippen LogP contribution is -2.45. The Kier molecular flexibility index (Phi) is 69.5. The van der Waals surface area contributed by atoms with Crippen LogP contribution in [0.15, 0.2) is 24.3 Å². The van der Waals surface area contributed by atoms with Gasteiger partial charge in [-0.05, 0) is 32.1 Å². The van der Waals surface area contributed by atoms with Crippen LogP contribution < -0.4 is 5.32 Å². The van der Waals surface area contributed by atoms with Gasteiger partial charge in [0.15, 0.2) is 0 Å². The fourth-order valence-corrected chi connectivity index (χ4v) is 13.3. The van der Waals surface area contributed by atoms with Crippen molar-refractivity contribution in [1.82, 2.24) is 5.32 Å². The van der Waals surface area contributed by atoms with E-state index in [2.05, 4.69) is 31.3 Å². The molecular weight excluding hydrogens is 1100 g/mol. The van der Waals surface area contributed by atoms with E-state index in [-0.39, 0.29) is 19.1 Å². The van der Waals surface area contributed by atoms with Crippen molar-refractivity contribution in [2.24, 2.45) is 0 Å². The molecule has 3 atom stereocenters. The molecule has 0 radical (unpaired) electrons. The number of phosphoric acid groups is 1. The number of hydrogen-bond donors (Lipinski definition) is 3. The van der Waals surface area contributed by atoms with Crippen molar-refractivity contribution in [3.63, 3.8) is 0 Å². The summed E-state index contributed by atoms with van der Waals surface area (Å²) in [6, 6.07) is -0.863.